The normalized spacial score (nSPS) is 13.1. The fraction of sp³-hybridized carbons (Fsp3) is 0.433. The second-order valence-electron chi connectivity index (χ2n) is 10.6. The monoisotopic (exact) mass is 610 g/mol. The Hall–Kier alpha value is -4.28. The number of fused-ring (bicyclic) bond motifs is 1. The molecule has 228 valence electrons. The van der Waals surface area contributed by atoms with Gasteiger partial charge in [-0.1, -0.05) is 18.3 Å². The maximum Gasteiger partial charge on any atom is 0.333 e. The molecule has 1 amide bonds. The summed E-state index contributed by atoms with van der Waals surface area (Å²) in [5.74, 6) is -0.715. The van der Waals surface area contributed by atoms with Crippen molar-refractivity contribution < 1.29 is 18.7 Å². The molecule has 0 saturated heterocycles. The van der Waals surface area contributed by atoms with Gasteiger partial charge in [0, 0.05) is 29.6 Å². The first-order valence-corrected chi connectivity index (χ1v) is 14.8. The molecule has 0 fully saturated rings. The van der Waals surface area contributed by atoms with Crippen molar-refractivity contribution in [3.63, 3.8) is 0 Å². The Labute approximate surface area is 252 Å². The Bertz CT molecular complexity index is 1780. The van der Waals surface area contributed by atoms with Crippen molar-refractivity contribution in [2.75, 3.05) is 13.2 Å². The predicted molar refractivity (Wildman–Crippen MR) is 161 cm³/mol. The van der Waals surface area contributed by atoms with Crippen LogP contribution in [0, 0.1) is 24.1 Å². The molecule has 3 heterocycles. The van der Waals surface area contributed by atoms with Gasteiger partial charge in [0.15, 0.2) is 0 Å². The molecule has 1 unspecified atom stereocenters. The zero-order valence-electron chi connectivity index (χ0n) is 25.0. The molecule has 0 radical (unpaired) electrons. The van der Waals surface area contributed by atoms with E-state index in [0.29, 0.717) is 33.1 Å². The average Bonchev–Trinajstić information content (AvgIpc) is 3.61. The smallest absolute Gasteiger partial charge is 0.333 e. The number of aromatic nitrogens is 4. The lowest BCUT2D eigenvalue weighted by Crippen LogP contribution is -2.57. The van der Waals surface area contributed by atoms with E-state index in [2.05, 4.69) is 10.4 Å². The van der Waals surface area contributed by atoms with Crippen LogP contribution in [-0.2, 0) is 21.6 Å². The number of hydrogen-bond donors (Lipinski definition) is 1. The highest BCUT2D eigenvalue weighted by Gasteiger charge is 2.36. The topological polar surface area (TPSA) is 133 Å². The summed E-state index contributed by atoms with van der Waals surface area (Å²) in [6.45, 7) is 10.0. The average molecular weight is 611 g/mol. The number of nitriles is 1. The van der Waals surface area contributed by atoms with Crippen LogP contribution in [0.3, 0.4) is 0 Å². The van der Waals surface area contributed by atoms with Crippen LogP contribution in [0.4, 0.5) is 4.39 Å². The molecule has 1 N–H and O–H groups in total. The number of aryl methyl sites for hydroxylation is 1. The summed E-state index contributed by atoms with van der Waals surface area (Å²) in [6.07, 6.45) is 2.96. The Morgan fingerprint density at radius 1 is 1.28 bits per heavy atom. The minimum atomic E-state index is -1.58. The maximum atomic E-state index is 14.5. The number of rotatable bonds is 12. The number of amides is 1. The molecule has 3 aromatic heterocycles. The summed E-state index contributed by atoms with van der Waals surface area (Å²) in [5, 5.41) is 17.4. The maximum absolute atomic E-state index is 14.5. The zero-order chi connectivity index (χ0) is 31.5. The van der Waals surface area contributed by atoms with Gasteiger partial charge in [-0.3, -0.25) is 14.2 Å². The molecule has 43 heavy (non-hydrogen) atoms. The minimum Gasteiger partial charge on any atom is -0.493 e. The zero-order valence-corrected chi connectivity index (χ0v) is 25.8. The second kappa shape index (κ2) is 12.9. The highest BCUT2D eigenvalue weighted by Crippen LogP contribution is 2.34. The lowest BCUT2D eigenvalue weighted by molar-refractivity contribution is -0.129. The number of halogens is 1. The van der Waals surface area contributed by atoms with Gasteiger partial charge >= 0.3 is 5.69 Å². The number of carbonyl (C=O) groups excluding carboxylic acids is 1. The van der Waals surface area contributed by atoms with E-state index in [1.54, 1.807) is 37.0 Å². The molecule has 0 aliphatic rings. The number of nitrogens with one attached hydrogen (secondary N) is 1. The molecule has 0 aliphatic carbocycles. The molecule has 0 aliphatic heterocycles. The van der Waals surface area contributed by atoms with Crippen LogP contribution in [0.2, 0.25) is 0 Å². The van der Waals surface area contributed by atoms with Crippen molar-refractivity contribution in [3.8, 4) is 16.8 Å². The van der Waals surface area contributed by atoms with Crippen molar-refractivity contribution in [2.24, 2.45) is 0 Å². The first kappa shape index (κ1) is 31.7. The van der Waals surface area contributed by atoms with E-state index in [9.17, 15) is 24.0 Å². The molecule has 4 rings (SSSR count). The Morgan fingerprint density at radius 3 is 2.65 bits per heavy atom. The van der Waals surface area contributed by atoms with E-state index in [1.165, 1.54) is 48.0 Å². The van der Waals surface area contributed by atoms with Crippen LogP contribution in [0.1, 0.15) is 58.3 Å². The number of nitrogens with zero attached hydrogens (tertiary/aromatic N) is 5. The fourth-order valence-corrected chi connectivity index (χ4v) is 6.05. The van der Waals surface area contributed by atoms with Gasteiger partial charge in [-0.15, -0.1) is 0 Å². The minimum absolute atomic E-state index is 0.184. The Balaban J connectivity index is 2.02. The molecule has 0 saturated carbocycles. The van der Waals surface area contributed by atoms with E-state index in [1.807, 2.05) is 19.9 Å². The number of carbonyl (C=O) groups is 1. The number of thiophene rings is 1. The van der Waals surface area contributed by atoms with Gasteiger partial charge in [0.05, 0.1) is 24.6 Å². The van der Waals surface area contributed by atoms with Gasteiger partial charge in [-0.2, -0.15) is 10.4 Å². The highest BCUT2D eigenvalue weighted by atomic mass is 32.1. The summed E-state index contributed by atoms with van der Waals surface area (Å²) in [4.78, 5) is 42.2. The van der Waals surface area contributed by atoms with Crippen LogP contribution in [-0.4, -0.2) is 44.1 Å². The third-order valence-corrected chi connectivity index (χ3v) is 8.62. The van der Waals surface area contributed by atoms with Gasteiger partial charge in [0.2, 0.25) is 5.91 Å². The number of hydrogen-bond acceptors (Lipinski definition) is 8. The van der Waals surface area contributed by atoms with Gasteiger partial charge in [-0.25, -0.2) is 18.4 Å². The molecule has 0 spiro atoms. The summed E-state index contributed by atoms with van der Waals surface area (Å²) >= 11 is 1.18. The van der Waals surface area contributed by atoms with Gasteiger partial charge < -0.3 is 14.8 Å². The van der Waals surface area contributed by atoms with Gasteiger partial charge in [-0.05, 0) is 65.3 Å². The Morgan fingerprint density at radius 2 is 2.02 bits per heavy atom. The number of ether oxygens (including phenoxy) is 2. The molecule has 0 bridgehead atoms. The lowest BCUT2D eigenvalue weighted by Gasteiger charge is -2.29. The van der Waals surface area contributed by atoms with Gasteiger partial charge in [0.25, 0.3) is 5.56 Å². The SMILES string of the molecule is CCOc1ccc(F)cc1[C@H](Cn1c(=O)n(C(C)(C)C(=O)NC(C)CC)c(=O)c2c(C)c(-n3cccn3)sc21)OCC#N. The van der Waals surface area contributed by atoms with Crippen molar-refractivity contribution in [1.82, 2.24) is 24.2 Å². The van der Waals surface area contributed by atoms with Gasteiger partial charge in [0.1, 0.15) is 39.6 Å². The van der Waals surface area contributed by atoms with E-state index < -0.39 is 34.6 Å². The summed E-state index contributed by atoms with van der Waals surface area (Å²) < 4.78 is 30.0. The second-order valence-corrected chi connectivity index (χ2v) is 11.6. The third-order valence-electron chi connectivity index (χ3n) is 7.32. The molecular formula is C30H35FN6O5S. The highest BCUT2D eigenvalue weighted by molar-refractivity contribution is 7.21. The van der Waals surface area contributed by atoms with Crippen molar-refractivity contribution >= 4 is 27.5 Å². The van der Waals surface area contributed by atoms with Crippen LogP contribution in [0.5, 0.6) is 5.75 Å². The largest absolute Gasteiger partial charge is 0.493 e. The molecule has 13 heteroatoms. The molecule has 2 atom stereocenters. The first-order chi connectivity index (χ1) is 20.5. The number of benzene rings is 1. The van der Waals surface area contributed by atoms with Crippen molar-refractivity contribution in [3.05, 3.63) is 74.4 Å². The summed E-state index contributed by atoms with van der Waals surface area (Å²) in [5.41, 5.74) is -2.08. The molecular weight excluding hydrogens is 575 g/mol. The van der Waals surface area contributed by atoms with Crippen LogP contribution < -0.4 is 21.3 Å². The van der Waals surface area contributed by atoms with Crippen LogP contribution in [0.15, 0.2) is 46.2 Å². The first-order valence-electron chi connectivity index (χ1n) is 14.0. The summed E-state index contributed by atoms with van der Waals surface area (Å²) in [6, 6.07) is 7.43. The predicted octanol–water partition coefficient (Wildman–Crippen LogP) is 4.19. The summed E-state index contributed by atoms with van der Waals surface area (Å²) in [7, 11) is 0. The lowest BCUT2D eigenvalue weighted by atomic mass is 10.0. The molecule has 11 nitrogen and oxygen atoms in total. The molecule has 4 aromatic rings. The standard InChI is InChI=1S/C30H35FN6O5S/c1-7-18(3)34-28(39)30(5,6)37-25(38)24-19(4)26(36-14-9-13-33-36)43-27(24)35(29(37)40)17-23(42-15-12-32)21-16-20(31)10-11-22(21)41-8-2/h9-11,13-14,16,18,23H,7-8,15,17H2,1-6H3,(H,34,39)/t18?,23-/m0/s1. The fourth-order valence-electron chi connectivity index (χ4n) is 4.80. The van der Waals surface area contributed by atoms with E-state index in [4.69, 9.17) is 9.47 Å². The van der Waals surface area contributed by atoms with Crippen LogP contribution >= 0.6 is 11.3 Å². The quantitative estimate of drug-likeness (QED) is 0.254. The third kappa shape index (κ3) is 6.11. The molecule has 1 aromatic carbocycles. The van der Waals surface area contributed by atoms with E-state index in [0.717, 1.165) is 4.57 Å². The Kier molecular flexibility index (Phi) is 9.52. The van der Waals surface area contributed by atoms with E-state index >= 15 is 0 Å². The van der Waals surface area contributed by atoms with E-state index in [-0.39, 0.29) is 31.2 Å². The van der Waals surface area contributed by atoms with Crippen molar-refractivity contribution in [1.29, 1.82) is 5.26 Å². The van der Waals surface area contributed by atoms with Crippen molar-refractivity contribution in [2.45, 2.75) is 72.2 Å². The van der Waals surface area contributed by atoms with Crippen LogP contribution in [0.25, 0.3) is 15.2 Å².